The molecule has 0 aromatic heterocycles. The second kappa shape index (κ2) is 25.8. The Balaban J connectivity index is 1.83. The molecule has 68 heavy (non-hydrogen) atoms. The minimum atomic E-state index is -1.74. The third kappa shape index (κ3) is 15.2. The number of nitrogens with one attached hydrogen (secondary N) is 5. The van der Waals surface area contributed by atoms with Crippen molar-refractivity contribution in [3.05, 3.63) is 77.5 Å². The van der Waals surface area contributed by atoms with E-state index in [9.17, 15) is 52.8 Å². The fourth-order valence-corrected chi connectivity index (χ4v) is 8.54. The second-order valence-electron chi connectivity index (χ2n) is 17.6. The average molecular weight is 966 g/mol. The van der Waals surface area contributed by atoms with Crippen LogP contribution in [0.1, 0.15) is 90.7 Å². The van der Waals surface area contributed by atoms with Gasteiger partial charge in [0, 0.05) is 49.1 Å². The quantitative estimate of drug-likeness (QED) is 0.0755. The minimum absolute atomic E-state index is 0.0171. The van der Waals surface area contributed by atoms with Gasteiger partial charge in [-0.3, -0.25) is 37.8 Å². The van der Waals surface area contributed by atoms with Gasteiger partial charge in [0.05, 0.1) is 0 Å². The molecule has 2 aliphatic heterocycles. The maximum Gasteiger partial charge on any atom is 0.329 e. The van der Waals surface area contributed by atoms with Gasteiger partial charge >= 0.3 is 5.97 Å². The Hall–Kier alpha value is -6.15. The molecule has 20 heteroatoms. The molecule has 2 saturated heterocycles. The van der Waals surface area contributed by atoms with E-state index in [-0.39, 0.29) is 55.7 Å². The number of allylic oxidation sites excluding steroid dienone is 1. The standard InChI is InChI=1S/C48H67N7O12S/c1-8-10-12-17-38(57)49-34(24-25-68(7)66)43(60)53-41-29(5)67-48(65)40(28(3)4)52-44(61)36(26-31-18-20-32(56)21-19-31)54(6)47(64)37(27-30-15-13-11-14-16-30)55-39(58)23-22-35(46(55)63)51-42(59)33(9-2)50-45(41)62/h9,11,13-16,18-21,28-29,34-37,39-41,56,58H,8,10,12,17,22-27H2,1-7H3,(H,49,57)(H,50,62)(H,51,59)(H,52,61)(H,53,60)/b33-9+/t29-,34+,35+,36+,37+,39-,40?,41+,68?/m1/s1. The van der Waals surface area contributed by atoms with Gasteiger partial charge in [-0.1, -0.05) is 82.2 Å². The molecule has 372 valence electrons. The van der Waals surface area contributed by atoms with E-state index in [0.29, 0.717) is 17.5 Å². The summed E-state index contributed by atoms with van der Waals surface area (Å²) in [5, 5.41) is 34.5. The Bertz CT molecular complexity index is 2170. The fourth-order valence-electron chi connectivity index (χ4n) is 7.97. The molecule has 2 aromatic rings. The van der Waals surface area contributed by atoms with Crippen LogP contribution in [0.3, 0.4) is 0 Å². The number of amides is 7. The highest BCUT2D eigenvalue weighted by Gasteiger charge is 2.45. The molecule has 2 heterocycles. The molecule has 2 bridgehead atoms. The van der Waals surface area contributed by atoms with Crippen LogP contribution >= 0.6 is 0 Å². The van der Waals surface area contributed by atoms with Crippen molar-refractivity contribution in [2.75, 3.05) is 19.1 Å². The second-order valence-corrected chi connectivity index (χ2v) is 19.1. The lowest BCUT2D eigenvalue weighted by atomic mass is 9.95. The number of carbonyl (C=O) groups excluding carboxylic acids is 8. The van der Waals surface area contributed by atoms with Gasteiger partial charge in [-0.15, -0.1) is 0 Å². The number of unbranched alkanes of at least 4 members (excludes halogenated alkanes) is 2. The van der Waals surface area contributed by atoms with E-state index in [1.807, 2.05) is 6.92 Å². The Morgan fingerprint density at radius 1 is 0.912 bits per heavy atom. The molecule has 2 aromatic carbocycles. The zero-order valence-corrected chi connectivity index (χ0v) is 40.6. The van der Waals surface area contributed by atoms with Crippen LogP contribution in [0.15, 0.2) is 66.4 Å². The molecule has 7 N–H and O–H groups in total. The summed E-state index contributed by atoms with van der Waals surface area (Å²) in [5.41, 5.74) is 0.765. The Kier molecular flexibility index (Phi) is 20.7. The summed E-state index contributed by atoms with van der Waals surface area (Å²) in [6.07, 6.45) is 1.52. The molecule has 2 aliphatic rings. The van der Waals surface area contributed by atoms with Crippen molar-refractivity contribution in [3.8, 4) is 5.75 Å². The number of aliphatic hydroxyl groups is 1. The van der Waals surface area contributed by atoms with Crippen LogP contribution < -0.4 is 26.6 Å². The highest BCUT2D eigenvalue weighted by molar-refractivity contribution is 7.84. The number of esters is 1. The number of fused-ring (bicyclic) bond motifs is 2. The molecule has 19 nitrogen and oxygen atoms in total. The van der Waals surface area contributed by atoms with Crippen LogP contribution in [0.25, 0.3) is 0 Å². The molecule has 7 amide bonds. The molecule has 0 saturated carbocycles. The van der Waals surface area contributed by atoms with Gasteiger partial charge in [-0.05, 0) is 68.7 Å². The average Bonchev–Trinajstić information content (AvgIpc) is 3.29. The number of benzene rings is 2. The molecular formula is C48H67N7O12S. The summed E-state index contributed by atoms with van der Waals surface area (Å²) in [7, 11) is -0.00865. The third-order valence-electron chi connectivity index (χ3n) is 12.0. The smallest absolute Gasteiger partial charge is 0.329 e. The summed E-state index contributed by atoms with van der Waals surface area (Å²) in [6.45, 7) is 7.97. The summed E-state index contributed by atoms with van der Waals surface area (Å²) in [5.74, 6) is -7.37. The number of phenols is 1. The lowest BCUT2D eigenvalue weighted by Crippen LogP contribution is -2.64. The van der Waals surface area contributed by atoms with E-state index in [1.165, 1.54) is 45.4 Å². The number of piperidine rings is 1. The number of phenolic OH excluding ortho intramolecular Hbond substituents is 1. The van der Waals surface area contributed by atoms with E-state index in [2.05, 4.69) is 26.6 Å². The predicted octanol–water partition coefficient (Wildman–Crippen LogP) is 1.22. The van der Waals surface area contributed by atoms with Crippen molar-refractivity contribution < 1.29 is 57.5 Å². The highest BCUT2D eigenvalue weighted by atomic mass is 32.2. The number of hydrogen-bond acceptors (Lipinski definition) is 12. The van der Waals surface area contributed by atoms with Crippen molar-refractivity contribution in [2.24, 2.45) is 5.92 Å². The molecule has 9 atom stereocenters. The Labute approximate surface area is 400 Å². The first-order valence-electron chi connectivity index (χ1n) is 23.0. The maximum absolute atomic E-state index is 15.0. The maximum atomic E-state index is 15.0. The zero-order chi connectivity index (χ0) is 50.2. The molecular weight excluding hydrogens is 899 g/mol. The normalized spacial score (nSPS) is 25.0. The fraction of sp³-hybridized carbons (Fsp3) is 0.542. The van der Waals surface area contributed by atoms with Gasteiger partial charge in [-0.25, -0.2) is 4.79 Å². The SMILES string of the molecule is C/C=C1/NC(=O)[C@@H](NC(=O)[C@H](CCS(C)=O)NC(=O)CCCCC)[C@@H](C)OC(=O)C(C(C)C)NC(=O)[C@H](Cc2ccc(O)cc2)N(C)C(=O)[C@H](Cc2ccccc2)N2C(=O)[C@H](CC[C@H]2O)NC1=O. The molecule has 0 radical (unpaired) electrons. The monoisotopic (exact) mass is 965 g/mol. The number of rotatable bonds is 15. The number of ether oxygens (including phenoxy) is 1. The molecule has 2 unspecified atom stereocenters. The summed E-state index contributed by atoms with van der Waals surface area (Å²) in [6, 6.07) is 6.13. The van der Waals surface area contributed by atoms with Gasteiger partial charge < -0.3 is 51.3 Å². The van der Waals surface area contributed by atoms with Crippen LogP contribution in [-0.2, 0) is 66.7 Å². The van der Waals surface area contributed by atoms with Gasteiger partial charge in [0.15, 0.2) is 0 Å². The van der Waals surface area contributed by atoms with E-state index >= 15 is 0 Å². The summed E-state index contributed by atoms with van der Waals surface area (Å²) in [4.78, 5) is 116. The topological polar surface area (TPSA) is 270 Å². The number of likely N-dealkylation sites (N-methyl/N-ethyl adjacent to an activating group) is 1. The van der Waals surface area contributed by atoms with Gasteiger partial charge in [0.25, 0.3) is 11.8 Å². The highest BCUT2D eigenvalue weighted by Crippen LogP contribution is 2.25. The van der Waals surface area contributed by atoms with Crippen molar-refractivity contribution in [3.63, 3.8) is 0 Å². The number of aliphatic hydroxyl groups excluding tert-OH is 1. The van der Waals surface area contributed by atoms with Crippen LogP contribution in [0.2, 0.25) is 0 Å². The first kappa shape index (κ1) is 54.5. The van der Waals surface area contributed by atoms with E-state index in [1.54, 1.807) is 56.3 Å². The molecule has 4 rings (SSSR count). The summed E-state index contributed by atoms with van der Waals surface area (Å²) >= 11 is 0. The largest absolute Gasteiger partial charge is 0.508 e. The molecule has 0 aliphatic carbocycles. The predicted molar refractivity (Wildman–Crippen MR) is 252 cm³/mol. The first-order valence-corrected chi connectivity index (χ1v) is 24.8. The van der Waals surface area contributed by atoms with Crippen molar-refractivity contribution in [1.29, 1.82) is 0 Å². The van der Waals surface area contributed by atoms with Crippen molar-refractivity contribution in [2.45, 2.75) is 141 Å². The van der Waals surface area contributed by atoms with Gasteiger partial charge in [-0.2, -0.15) is 0 Å². The minimum Gasteiger partial charge on any atom is -0.508 e. The Morgan fingerprint density at radius 2 is 1.56 bits per heavy atom. The lowest BCUT2D eigenvalue weighted by molar-refractivity contribution is -0.165. The van der Waals surface area contributed by atoms with E-state index < -0.39 is 113 Å². The summed E-state index contributed by atoms with van der Waals surface area (Å²) < 4.78 is 18.0. The number of carbonyl (C=O) groups is 8. The van der Waals surface area contributed by atoms with E-state index in [4.69, 9.17) is 4.74 Å². The van der Waals surface area contributed by atoms with Crippen LogP contribution in [0, 0.1) is 5.92 Å². The molecule has 0 spiro atoms. The number of aromatic hydroxyl groups is 1. The number of nitrogens with zero attached hydrogens (tertiary/aromatic N) is 2. The molecule has 2 fully saturated rings. The van der Waals surface area contributed by atoms with E-state index in [0.717, 1.165) is 22.6 Å². The van der Waals surface area contributed by atoms with Crippen LogP contribution in [0.5, 0.6) is 5.75 Å². The number of hydrogen-bond donors (Lipinski definition) is 7. The lowest BCUT2D eigenvalue weighted by Gasteiger charge is -2.43. The number of cyclic esters (lactones) is 1. The third-order valence-corrected chi connectivity index (χ3v) is 12.8. The van der Waals surface area contributed by atoms with Crippen LogP contribution in [-0.4, -0.2) is 139 Å². The van der Waals surface area contributed by atoms with Crippen LogP contribution in [0.4, 0.5) is 0 Å². The van der Waals surface area contributed by atoms with Gasteiger partial charge in [0.1, 0.15) is 60.0 Å². The van der Waals surface area contributed by atoms with Gasteiger partial charge in [0.2, 0.25) is 29.5 Å². The Morgan fingerprint density at radius 3 is 2.18 bits per heavy atom. The van der Waals surface area contributed by atoms with Crippen molar-refractivity contribution in [1.82, 2.24) is 36.4 Å². The first-order chi connectivity index (χ1) is 32.2. The zero-order valence-electron chi connectivity index (χ0n) is 39.8. The van der Waals surface area contributed by atoms with Crippen molar-refractivity contribution >= 4 is 58.1 Å².